The highest BCUT2D eigenvalue weighted by atomic mass is 79.9. The quantitative estimate of drug-likeness (QED) is 0.550. The second kappa shape index (κ2) is 7.22. The number of aromatic nitrogens is 2. The molecular weight excluding hydrogens is 384 g/mol. The monoisotopic (exact) mass is 400 g/mol. The molecule has 2 heterocycles. The molecule has 7 nitrogen and oxygen atoms in total. The van der Waals surface area contributed by atoms with E-state index in [-0.39, 0.29) is 18.1 Å². The second-order valence-electron chi connectivity index (χ2n) is 5.05. The molecule has 0 bridgehead atoms. The first kappa shape index (κ1) is 17.6. The van der Waals surface area contributed by atoms with Crippen LogP contribution in [-0.4, -0.2) is 32.1 Å². The Morgan fingerprint density at radius 3 is 2.65 bits per heavy atom. The summed E-state index contributed by atoms with van der Waals surface area (Å²) in [4.78, 5) is 25.8. The van der Waals surface area contributed by atoms with E-state index in [9.17, 15) is 14.9 Å². The lowest BCUT2D eigenvalue weighted by Gasteiger charge is -2.20. The molecule has 23 heavy (non-hydrogen) atoms. The van der Waals surface area contributed by atoms with Crippen LogP contribution in [0.15, 0.2) is 15.9 Å². The molecule has 2 aromatic heterocycles. The van der Waals surface area contributed by atoms with Crippen LogP contribution in [0.2, 0.25) is 0 Å². The summed E-state index contributed by atoms with van der Waals surface area (Å²) in [5.74, 6) is -0.113. The zero-order valence-electron chi connectivity index (χ0n) is 13.1. The fourth-order valence-corrected chi connectivity index (χ4v) is 3.83. The normalized spacial score (nSPS) is 10.8. The van der Waals surface area contributed by atoms with Crippen molar-refractivity contribution in [3.63, 3.8) is 0 Å². The zero-order chi connectivity index (χ0) is 17.1. The molecule has 0 N–H and O–H groups in total. The number of carbonyl (C=O) groups is 1. The third-order valence-electron chi connectivity index (χ3n) is 3.52. The zero-order valence-corrected chi connectivity index (χ0v) is 15.5. The van der Waals surface area contributed by atoms with Gasteiger partial charge in [0.25, 0.3) is 0 Å². The van der Waals surface area contributed by atoms with Crippen molar-refractivity contribution < 1.29 is 9.72 Å². The molecule has 0 radical (unpaired) electrons. The Hall–Kier alpha value is -1.74. The van der Waals surface area contributed by atoms with Crippen molar-refractivity contribution in [3.05, 3.63) is 42.3 Å². The van der Waals surface area contributed by atoms with E-state index in [0.29, 0.717) is 24.5 Å². The molecule has 0 aliphatic carbocycles. The van der Waals surface area contributed by atoms with Gasteiger partial charge in [0.05, 0.1) is 15.3 Å². The minimum atomic E-state index is -0.459. The van der Waals surface area contributed by atoms with Crippen LogP contribution in [-0.2, 0) is 17.9 Å². The van der Waals surface area contributed by atoms with Gasteiger partial charge in [0.15, 0.2) is 0 Å². The molecule has 0 aromatic carbocycles. The first-order chi connectivity index (χ1) is 10.8. The predicted molar refractivity (Wildman–Crippen MR) is 91.5 cm³/mol. The largest absolute Gasteiger partial charge is 0.336 e. The standard InChI is InChI=1S/C14H17BrN4O3S/c1-4-17(7-11-5-6-12(15)23-11)13(20)8-18-10(3)14(19(21)22)9(2)16-18/h5-6H,4,7-8H2,1-3H3. The second-order valence-corrected chi connectivity index (χ2v) is 7.60. The van der Waals surface area contributed by atoms with Gasteiger partial charge in [-0.15, -0.1) is 11.3 Å². The Labute approximate surface area is 146 Å². The van der Waals surface area contributed by atoms with Gasteiger partial charge in [0.1, 0.15) is 17.9 Å². The van der Waals surface area contributed by atoms with E-state index < -0.39 is 4.92 Å². The molecule has 2 rings (SSSR count). The van der Waals surface area contributed by atoms with E-state index in [1.54, 1.807) is 30.1 Å². The summed E-state index contributed by atoms with van der Waals surface area (Å²) in [6.07, 6.45) is 0. The Balaban J connectivity index is 2.13. The molecule has 0 unspecified atom stereocenters. The van der Waals surface area contributed by atoms with Crippen LogP contribution in [0.3, 0.4) is 0 Å². The number of hydrogen-bond acceptors (Lipinski definition) is 5. The summed E-state index contributed by atoms with van der Waals surface area (Å²) < 4.78 is 2.42. The van der Waals surface area contributed by atoms with E-state index in [1.165, 1.54) is 4.68 Å². The number of nitro groups is 1. The van der Waals surface area contributed by atoms with Gasteiger partial charge in [-0.3, -0.25) is 19.6 Å². The molecule has 0 aliphatic heterocycles. The first-order valence-electron chi connectivity index (χ1n) is 7.03. The SMILES string of the molecule is CCN(Cc1ccc(Br)s1)C(=O)Cn1nc(C)c([N+](=O)[O-])c1C. The van der Waals surface area contributed by atoms with Crippen LogP contribution >= 0.6 is 27.3 Å². The van der Waals surface area contributed by atoms with Gasteiger partial charge in [0, 0.05) is 11.4 Å². The maximum absolute atomic E-state index is 12.5. The third-order valence-corrected chi connectivity index (χ3v) is 5.13. The number of hydrogen-bond donors (Lipinski definition) is 0. The number of thiophene rings is 1. The number of amides is 1. The Morgan fingerprint density at radius 1 is 1.48 bits per heavy atom. The summed E-state index contributed by atoms with van der Waals surface area (Å²) >= 11 is 4.99. The van der Waals surface area contributed by atoms with E-state index in [2.05, 4.69) is 21.0 Å². The van der Waals surface area contributed by atoms with Crippen molar-refractivity contribution in [2.75, 3.05) is 6.54 Å². The maximum Gasteiger partial charge on any atom is 0.312 e. The molecule has 0 saturated heterocycles. The Kier molecular flexibility index (Phi) is 5.53. The summed E-state index contributed by atoms with van der Waals surface area (Å²) in [6, 6.07) is 3.92. The number of likely N-dealkylation sites (N-methyl/N-ethyl adjacent to an activating group) is 1. The molecule has 0 fully saturated rings. The highest BCUT2D eigenvalue weighted by molar-refractivity contribution is 9.11. The van der Waals surface area contributed by atoms with Gasteiger partial charge >= 0.3 is 5.69 Å². The van der Waals surface area contributed by atoms with Crippen molar-refractivity contribution in [1.82, 2.24) is 14.7 Å². The lowest BCUT2D eigenvalue weighted by Crippen LogP contribution is -2.33. The van der Waals surface area contributed by atoms with E-state index >= 15 is 0 Å². The van der Waals surface area contributed by atoms with Gasteiger partial charge in [0.2, 0.25) is 5.91 Å². The molecular formula is C14H17BrN4O3S. The molecule has 9 heteroatoms. The van der Waals surface area contributed by atoms with Crippen molar-refractivity contribution in [1.29, 1.82) is 0 Å². The molecule has 1 amide bonds. The van der Waals surface area contributed by atoms with Crippen LogP contribution in [0, 0.1) is 24.0 Å². The van der Waals surface area contributed by atoms with Crippen molar-refractivity contribution in [2.24, 2.45) is 0 Å². The van der Waals surface area contributed by atoms with Gasteiger partial charge < -0.3 is 4.90 Å². The number of carbonyl (C=O) groups excluding carboxylic acids is 1. The predicted octanol–water partition coefficient (Wildman–Crippen LogP) is 3.28. The topological polar surface area (TPSA) is 81.3 Å². The average Bonchev–Trinajstić information content (AvgIpc) is 2.99. The van der Waals surface area contributed by atoms with Crippen molar-refractivity contribution >= 4 is 38.9 Å². The third kappa shape index (κ3) is 3.97. The maximum atomic E-state index is 12.5. The summed E-state index contributed by atoms with van der Waals surface area (Å²) in [6.45, 7) is 6.18. The van der Waals surface area contributed by atoms with Gasteiger partial charge in [-0.2, -0.15) is 5.10 Å². The number of rotatable bonds is 6. The van der Waals surface area contributed by atoms with Gasteiger partial charge in [-0.05, 0) is 48.8 Å². The number of halogens is 1. The lowest BCUT2D eigenvalue weighted by molar-refractivity contribution is -0.386. The number of nitrogens with zero attached hydrogens (tertiary/aromatic N) is 4. The summed E-state index contributed by atoms with van der Waals surface area (Å²) in [7, 11) is 0. The average molecular weight is 401 g/mol. The smallest absolute Gasteiger partial charge is 0.312 e. The van der Waals surface area contributed by atoms with Crippen molar-refractivity contribution in [2.45, 2.75) is 33.9 Å². The van der Waals surface area contributed by atoms with E-state index in [4.69, 9.17) is 0 Å². The van der Waals surface area contributed by atoms with E-state index in [0.717, 1.165) is 8.66 Å². The molecule has 0 atom stereocenters. The van der Waals surface area contributed by atoms with Crippen molar-refractivity contribution in [3.8, 4) is 0 Å². The van der Waals surface area contributed by atoms with Gasteiger partial charge in [-0.25, -0.2) is 0 Å². The Morgan fingerprint density at radius 2 is 2.17 bits per heavy atom. The highest BCUT2D eigenvalue weighted by Crippen LogP contribution is 2.24. The van der Waals surface area contributed by atoms with Gasteiger partial charge in [-0.1, -0.05) is 0 Å². The minimum Gasteiger partial charge on any atom is -0.336 e. The lowest BCUT2D eigenvalue weighted by atomic mass is 10.3. The fourth-order valence-electron chi connectivity index (χ4n) is 2.33. The highest BCUT2D eigenvalue weighted by Gasteiger charge is 2.24. The molecule has 0 spiro atoms. The summed E-state index contributed by atoms with van der Waals surface area (Å²) in [5.41, 5.74) is 0.698. The number of aryl methyl sites for hydroxylation is 1. The van der Waals surface area contributed by atoms with Crippen LogP contribution in [0.25, 0.3) is 0 Å². The molecule has 124 valence electrons. The molecule has 2 aromatic rings. The first-order valence-corrected chi connectivity index (χ1v) is 8.64. The minimum absolute atomic E-state index is 0.000891. The Bertz CT molecular complexity index is 740. The van der Waals surface area contributed by atoms with Crippen LogP contribution < -0.4 is 0 Å². The van der Waals surface area contributed by atoms with Crippen LogP contribution in [0.5, 0.6) is 0 Å². The van der Waals surface area contributed by atoms with E-state index in [1.807, 2.05) is 19.1 Å². The van der Waals surface area contributed by atoms with Crippen LogP contribution in [0.1, 0.15) is 23.2 Å². The molecule has 0 aliphatic rings. The molecule has 0 saturated carbocycles. The fraction of sp³-hybridized carbons (Fsp3) is 0.429. The summed E-state index contributed by atoms with van der Waals surface area (Å²) in [5, 5.41) is 15.2. The van der Waals surface area contributed by atoms with Crippen LogP contribution in [0.4, 0.5) is 5.69 Å².